The predicted octanol–water partition coefficient (Wildman–Crippen LogP) is 2.02. The van der Waals surface area contributed by atoms with E-state index in [-0.39, 0.29) is 31.2 Å². The number of para-hydroxylation sites is 1. The second-order valence-electron chi connectivity index (χ2n) is 7.54. The number of esters is 1. The lowest BCUT2D eigenvalue weighted by Crippen LogP contribution is -2.51. The fourth-order valence-electron chi connectivity index (χ4n) is 3.54. The van der Waals surface area contributed by atoms with E-state index in [2.05, 4.69) is 22.3 Å². The van der Waals surface area contributed by atoms with Crippen molar-refractivity contribution in [2.24, 2.45) is 0 Å². The van der Waals surface area contributed by atoms with Gasteiger partial charge in [-0.3, -0.25) is 14.4 Å². The van der Waals surface area contributed by atoms with Crippen molar-refractivity contribution in [3.63, 3.8) is 0 Å². The number of amides is 2. The van der Waals surface area contributed by atoms with E-state index in [0.717, 1.165) is 24.3 Å². The van der Waals surface area contributed by atoms with Crippen LogP contribution in [0.5, 0.6) is 0 Å². The molecule has 0 aliphatic carbocycles. The van der Waals surface area contributed by atoms with Gasteiger partial charge < -0.3 is 19.9 Å². The second kappa shape index (κ2) is 11.2. The maximum atomic E-state index is 12.6. The topological polar surface area (TPSA) is 78.9 Å². The molecule has 0 aromatic heterocycles. The van der Waals surface area contributed by atoms with E-state index in [1.807, 2.05) is 48.5 Å². The number of nitrogens with one attached hydrogen (secondary N) is 1. The summed E-state index contributed by atoms with van der Waals surface area (Å²) in [5.41, 5.74) is 2.05. The van der Waals surface area contributed by atoms with Crippen LogP contribution in [-0.4, -0.2) is 61.5 Å². The number of piperazine rings is 1. The van der Waals surface area contributed by atoms with Crippen molar-refractivity contribution in [1.29, 1.82) is 0 Å². The van der Waals surface area contributed by atoms with Crippen molar-refractivity contribution in [3.8, 4) is 0 Å². The van der Waals surface area contributed by atoms with Gasteiger partial charge in [-0.25, -0.2) is 0 Å². The molecule has 1 fully saturated rings. The molecule has 7 nitrogen and oxygen atoms in total. The Balaban J connectivity index is 1.34. The first-order valence-electron chi connectivity index (χ1n) is 10.6. The second-order valence-corrected chi connectivity index (χ2v) is 7.54. The predicted molar refractivity (Wildman–Crippen MR) is 119 cm³/mol. The number of rotatable bonds is 8. The van der Waals surface area contributed by atoms with Crippen molar-refractivity contribution in [2.45, 2.75) is 25.9 Å². The number of hydrogen-bond donors (Lipinski definition) is 1. The van der Waals surface area contributed by atoms with E-state index in [4.69, 9.17) is 4.74 Å². The fraction of sp³-hybridized carbons (Fsp3) is 0.375. The number of nitrogens with zero attached hydrogens (tertiary/aromatic N) is 2. The molecule has 7 heteroatoms. The third kappa shape index (κ3) is 6.84. The van der Waals surface area contributed by atoms with Crippen LogP contribution >= 0.6 is 0 Å². The number of carbonyl (C=O) groups is 3. The number of anilines is 1. The Labute approximate surface area is 183 Å². The highest BCUT2D eigenvalue weighted by Gasteiger charge is 2.27. The molecule has 164 valence electrons. The molecule has 1 N–H and O–H groups in total. The van der Waals surface area contributed by atoms with Crippen LogP contribution < -0.4 is 10.2 Å². The molecule has 1 atom stereocenters. The minimum atomic E-state index is -0.837. The first-order valence-corrected chi connectivity index (χ1v) is 10.6. The van der Waals surface area contributed by atoms with E-state index >= 15 is 0 Å². The SMILES string of the molecule is CC(OC(=O)CCNC(=O)Cc1ccccc1)C(=O)N1CCN(c2ccccc2)CC1. The molecule has 1 unspecified atom stereocenters. The third-order valence-corrected chi connectivity index (χ3v) is 5.23. The highest BCUT2D eigenvalue weighted by atomic mass is 16.5. The lowest BCUT2D eigenvalue weighted by Gasteiger charge is -2.37. The standard InChI is InChI=1S/C24H29N3O4/c1-19(24(30)27-16-14-26(15-17-27)21-10-6-3-7-11-21)31-23(29)12-13-25-22(28)18-20-8-4-2-5-9-20/h2-11,19H,12-18H2,1H3,(H,25,28). The van der Waals surface area contributed by atoms with E-state index < -0.39 is 12.1 Å². The summed E-state index contributed by atoms with van der Waals surface area (Å²) in [4.78, 5) is 40.6. The van der Waals surface area contributed by atoms with E-state index in [0.29, 0.717) is 13.1 Å². The van der Waals surface area contributed by atoms with Gasteiger partial charge >= 0.3 is 5.97 Å². The van der Waals surface area contributed by atoms with Gasteiger partial charge in [0.15, 0.2) is 6.10 Å². The van der Waals surface area contributed by atoms with Crippen LogP contribution in [0.1, 0.15) is 18.9 Å². The lowest BCUT2D eigenvalue weighted by molar-refractivity contribution is -0.159. The molecule has 0 spiro atoms. The summed E-state index contributed by atoms with van der Waals surface area (Å²) in [7, 11) is 0. The summed E-state index contributed by atoms with van der Waals surface area (Å²) in [6, 6.07) is 19.5. The summed E-state index contributed by atoms with van der Waals surface area (Å²) in [6.07, 6.45) is -0.546. The molecule has 2 aromatic carbocycles. The Morgan fingerprint density at radius 1 is 0.935 bits per heavy atom. The van der Waals surface area contributed by atoms with Crippen LogP contribution in [0.25, 0.3) is 0 Å². The molecule has 0 bridgehead atoms. The third-order valence-electron chi connectivity index (χ3n) is 5.23. The Kier molecular flexibility index (Phi) is 8.04. The average molecular weight is 424 g/mol. The van der Waals surface area contributed by atoms with Crippen molar-refractivity contribution in [1.82, 2.24) is 10.2 Å². The van der Waals surface area contributed by atoms with Gasteiger partial charge in [-0.05, 0) is 24.6 Å². The molecule has 1 saturated heterocycles. The highest BCUT2D eigenvalue weighted by Crippen LogP contribution is 2.16. The average Bonchev–Trinajstić information content (AvgIpc) is 2.80. The van der Waals surface area contributed by atoms with Crippen LogP contribution in [0, 0.1) is 0 Å². The van der Waals surface area contributed by atoms with Gasteiger partial charge in [0.1, 0.15) is 0 Å². The summed E-state index contributed by atoms with van der Waals surface area (Å²) in [5, 5.41) is 2.71. The van der Waals surface area contributed by atoms with Crippen LogP contribution in [-0.2, 0) is 25.5 Å². The Morgan fingerprint density at radius 3 is 2.19 bits per heavy atom. The Hall–Kier alpha value is -3.35. The van der Waals surface area contributed by atoms with Crippen molar-refractivity contribution >= 4 is 23.5 Å². The van der Waals surface area contributed by atoms with Gasteiger partial charge in [0.05, 0.1) is 12.8 Å². The summed E-state index contributed by atoms with van der Waals surface area (Å²) in [6.45, 7) is 4.43. The van der Waals surface area contributed by atoms with Crippen molar-refractivity contribution in [3.05, 3.63) is 66.2 Å². The number of carbonyl (C=O) groups excluding carboxylic acids is 3. The largest absolute Gasteiger partial charge is 0.452 e. The van der Waals surface area contributed by atoms with Gasteiger partial charge in [-0.1, -0.05) is 48.5 Å². The maximum Gasteiger partial charge on any atom is 0.308 e. The maximum absolute atomic E-state index is 12.6. The lowest BCUT2D eigenvalue weighted by atomic mass is 10.1. The summed E-state index contributed by atoms with van der Waals surface area (Å²) < 4.78 is 5.28. The van der Waals surface area contributed by atoms with Gasteiger partial charge in [0.25, 0.3) is 5.91 Å². The van der Waals surface area contributed by atoms with Crippen LogP contribution in [0.3, 0.4) is 0 Å². The molecule has 1 aliphatic heterocycles. The first kappa shape index (κ1) is 22.3. The van der Waals surface area contributed by atoms with Crippen molar-refractivity contribution in [2.75, 3.05) is 37.6 Å². The molecule has 0 saturated carbocycles. The minimum Gasteiger partial charge on any atom is -0.452 e. The molecule has 1 heterocycles. The first-order chi connectivity index (χ1) is 15.0. The van der Waals surface area contributed by atoms with E-state index in [9.17, 15) is 14.4 Å². The molecule has 2 amide bonds. The normalized spacial score (nSPS) is 14.6. The van der Waals surface area contributed by atoms with Gasteiger partial charge in [0.2, 0.25) is 5.91 Å². The van der Waals surface area contributed by atoms with Crippen LogP contribution in [0.4, 0.5) is 5.69 Å². The quantitative estimate of drug-likeness (QED) is 0.657. The summed E-state index contributed by atoms with van der Waals surface area (Å²) >= 11 is 0. The smallest absolute Gasteiger partial charge is 0.308 e. The zero-order valence-corrected chi connectivity index (χ0v) is 17.8. The minimum absolute atomic E-state index is 0.0277. The molecular formula is C24H29N3O4. The number of ether oxygens (including phenoxy) is 1. The number of benzene rings is 2. The zero-order chi connectivity index (χ0) is 22.1. The van der Waals surface area contributed by atoms with Crippen molar-refractivity contribution < 1.29 is 19.1 Å². The zero-order valence-electron chi connectivity index (χ0n) is 17.8. The highest BCUT2D eigenvalue weighted by molar-refractivity contribution is 5.84. The monoisotopic (exact) mass is 423 g/mol. The fourth-order valence-corrected chi connectivity index (χ4v) is 3.54. The molecule has 31 heavy (non-hydrogen) atoms. The van der Waals surface area contributed by atoms with E-state index in [1.54, 1.807) is 11.8 Å². The van der Waals surface area contributed by atoms with Gasteiger partial charge in [0, 0.05) is 38.4 Å². The van der Waals surface area contributed by atoms with Crippen LogP contribution in [0.15, 0.2) is 60.7 Å². The molecule has 0 radical (unpaired) electrons. The van der Waals surface area contributed by atoms with E-state index in [1.165, 1.54) is 0 Å². The number of hydrogen-bond acceptors (Lipinski definition) is 5. The van der Waals surface area contributed by atoms with Crippen LogP contribution in [0.2, 0.25) is 0 Å². The van der Waals surface area contributed by atoms with Gasteiger partial charge in [-0.15, -0.1) is 0 Å². The molecule has 1 aliphatic rings. The molecule has 2 aromatic rings. The Bertz CT molecular complexity index is 865. The summed E-state index contributed by atoms with van der Waals surface area (Å²) in [5.74, 6) is -0.836. The Morgan fingerprint density at radius 2 is 1.55 bits per heavy atom. The molecule has 3 rings (SSSR count). The molecular weight excluding hydrogens is 394 g/mol. The van der Waals surface area contributed by atoms with Gasteiger partial charge in [-0.2, -0.15) is 0 Å².